The Morgan fingerprint density at radius 3 is 2.95 bits per heavy atom. The highest BCUT2D eigenvalue weighted by molar-refractivity contribution is 6.29. The average molecular weight is 299 g/mol. The third-order valence-corrected chi connectivity index (χ3v) is 3.13. The number of anilines is 1. The summed E-state index contributed by atoms with van der Waals surface area (Å²) in [5.41, 5.74) is 0. The van der Waals surface area contributed by atoms with E-state index in [2.05, 4.69) is 20.6 Å². The van der Waals surface area contributed by atoms with E-state index in [0.717, 1.165) is 18.7 Å². The van der Waals surface area contributed by atoms with E-state index < -0.39 is 0 Å². The Labute approximate surface area is 123 Å². The van der Waals surface area contributed by atoms with E-state index in [-0.39, 0.29) is 5.91 Å². The minimum absolute atomic E-state index is 0.0166. The van der Waals surface area contributed by atoms with Crippen molar-refractivity contribution in [1.82, 2.24) is 15.3 Å². The predicted octanol–water partition coefficient (Wildman–Crippen LogP) is 1.57. The number of hydrogen-bond donors (Lipinski definition) is 2. The van der Waals surface area contributed by atoms with Crippen LogP contribution in [0.3, 0.4) is 0 Å². The van der Waals surface area contributed by atoms with Gasteiger partial charge in [-0.3, -0.25) is 4.79 Å². The lowest BCUT2D eigenvalue weighted by Crippen LogP contribution is -2.28. The lowest BCUT2D eigenvalue weighted by Gasteiger charge is -2.08. The molecular weight excluding hydrogens is 280 g/mol. The van der Waals surface area contributed by atoms with Gasteiger partial charge in [0.2, 0.25) is 5.91 Å². The number of aromatic nitrogens is 2. The number of rotatable bonds is 8. The van der Waals surface area contributed by atoms with Gasteiger partial charge in [-0.05, 0) is 12.8 Å². The molecule has 1 amide bonds. The molecule has 0 aromatic carbocycles. The fourth-order valence-electron chi connectivity index (χ4n) is 1.73. The van der Waals surface area contributed by atoms with E-state index in [4.69, 9.17) is 16.3 Å². The topological polar surface area (TPSA) is 76.1 Å². The van der Waals surface area contributed by atoms with E-state index in [1.165, 1.54) is 0 Å². The molecule has 1 aromatic heterocycles. The van der Waals surface area contributed by atoms with Gasteiger partial charge in [-0.2, -0.15) is 0 Å². The van der Waals surface area contributed by atoms with Crippen LogP contribution in [0.15, 0.2) is 6.07 Å². The molecule has 0 saturated heterocycles. The molecule has 20 heavy (non-hydrogen) atoms. The van der Waals surface area contributed by atoms with E-state index in [9.17, 15) is 4.79 Å². The maximum Gasteiger partial charge on any atom is 0.221 e. The summed E-state index contributed by atoms with van der Waals surface area (Å²) in [7, 11) is 1.60. The Hall–Kier alpha value is -1.40. The van der Waals surface area contributed by atoms with Crippen LogP contribution in [0.2, 0.25) is 5.15 Å². The summed E-state index contributed by atoms with van der Waals surface area (Å²) < 4.78 is 4.86. The zero-order chi connectivity index (χ0) is 14.4. The number of hydrogen-bond acceptors (Lipinski definition) is 5. The molecule has 1 heterocycles. The van der Waals surface area contributed by atoms with Crippen molar-refractivity contribution in [1.29, 1.82) is 0 Å². The fourth-order valence-corrected chi connectivity index (χ4v) is 1.92. The molecule has 1 aromatic rings. The summed E-state index contributed by atoms with van der Waals surface area (Å²) in [6.07, 6.45) is 2.63. The molecule has 0 aliphatic heterocycles. The van der Waals surface area contributed by atoms with Gasteiger partial charge >= 0.3 is 0 Å². The summed E-state index contributed by atoms with van der Waals surface area (Å²) >= 11 is 5.96. The number of amides is 1. The second kappa shape index (κ2) is 7.40. The minimum Gasteiger partial charge on any atom is -0.383 e. The Morgan fingerprint density at radius 1 is 1.45 bits per heavy atom. The summed E-state index contributed by atoms with van der Waals surface area (Å²) in [6.45, 7) is 1.56. The Bertz CT molecular complexity index is 466. The number of methoxy groups -OCH3 is 1. The highest BCUT2D eigenvalue weighted by atomic mass is 35.5. The molecule has 1 fully saturated rings. The van der Waals surface area contributed by atoms with Crippen molar-refractivity contribution >= 4 is 23.3 Å². The third kappa shape index (κ3) is 4.94. The third-order valence-electron chi connectivity index (χ3n) is 2.94. The largest absolute Gasteiger partial charge is 0.383 e. The maximum atomic E-state index is 11.5. The van der Waals surface area contributed by atoms with E-state index >= 15 is 0 Å². The summed E-state index contributed by atoms with van der Waals surface area (Å²) in [5, 5.41) is 6.30. The van der Waals surface area contributed by atoms with Crippen molar-refractivity contribution in [2.75, 3.05) is 32.1 Å². The van der Waals surface area contributed by atoms with Gasteiger partial charge in [-0.25, -0.2) is 9.97 Å². The van der Waals surface area contributed by atoms with Crippen molar-refractivity contribution in [3.63, 3.8) is 0 Å². The van der Waals surface area contributed by atoms with Crippen LogP contribution in [-0.2, 0) is 9.53 Å². The molecule has 0 bridgehead atoms. The van der Waals surface area contributed by atoms with Gasteiger partial charge in [0.15, 0.2) is 0 Å². The molecule has 6 nitrogen and oxygen atoms in total. The number of nitrogens with one attached hydrogen (secondary N) is 2. The van der Waals surface area contributed by atoms with Crippen LogP contribution in [0, 0.1) is 0 Å². The molecule has 7 heteroatoms. The number of carbonyl (C=O) groups excluding carboxylic acids is 1. The monoisotopic (exact) mass is 298 g/mol. The van der Waals surface area contributed by atoms with Gasteiger partial charge in [0.1, 0.15) is 16.8 Å². The van der Waals surface area contributed by atoms with Gasteiger partial charge in [-0.1, -0.05) is 11.6 Å². The molecule has 0 radical (unpaired) electrons. The van der Waals surface area contributed by atoms with Crippen LogP contribution in [0.25, 0.3) is 0 Å². The number of halogens is 1. The van der Waals surface area contributed by atoms with Crippen molar-refractivity contribution in [2.45, 2.75) is 25.2 Å². The molecule has 2 N–H and O–H groups in total. The molecule has 0 atom stereocenters. The van der Waals surface area contributed by atoms with Crippen LogP contribution >= 0.6 is 11.6 Å². The van der Waals surface area contributed by atoms with Crippen LogP contribution in [0.4, 0.5) is 5.82 Å². The first-order valence-electron chi connectivity index (χ1n) is 6.73. The standard InChI is InChI=1S/C13H19ClN4O2/c1-20-7-6-16-12(19)4-5-15-11-8-10(14)17-13(18-11)9-2-3-9/h8-9H,2-7H2,1H3,(H,16,19)(H,15,17,18). The Kier molecular flexibility index (Phi) is 5.55. The van der Waals surface area contributed by atoms with Crippen molar-refractivity contribution in [2.24, 2.45) is 0 Å². The van der Waals surface area contributed by atoms with E-state index in [1.807, 2.05) is 0 Å². The minimum atomic E-state index is -0.0166. The molecule has 2 rings (SSSR count). The maximum absolute atomic E-state index is 11.5. The lowest BCUT2D eigenvalue weighted by molar-refractivity contribution is -0.121. The number of carbonyl (C=O) groups is 1. The zero-order valence-electron chi connectivity index (χ0n) is 11.5. The Balaban J connectivity index is 1.74. The average Bonchev–Trinajstić information content (AvgIpc) is 3.22. The van der Waals surface area contributed by atoms with Gasteiger partial charge in [0.05, 0.1) is 6.61 Å². The molecule has 110 valence electrons. The van der Waals surface area contributed by atoms with Crippen molar-refractivity contribution in [3.05, 3.63) is 17.0 Å². The predicted molar refractivity (Wildman–Crippen MR) is 77.0 cm³/mol. The zero-order valence-corrected chi connectivity index (χ0v) is 12.2. The summed E-state index contributed by atoms with van der Waals surface area (Å²) in [4.78, 5) is 20.1. The van der Waals surface area contributed by atoms with Crippen molar-refractivity contribution in [3.8, 4) is 0 Å². The molecule has 0 spiro atoms. The molecule has 1 saturated carbocycles. The van der Waals surface area contributed by atoms with Crippen molar-refractivity contribution < 1.29 is 9.53 Å². The second-order valence-electron chi connectivity index (χ2n) is 4.73. The summed E-state index contributed by atoms with van der Waals surface area (Å²) in [5.74, 6) is 1.91. The van der Waals surface area contributed by atoms with Crippen LogP contribution < -0.4 is 10.6 Å². The first-order valence-corrected chi connectivity index (χ1v) is 7.11. The van der Waals surface area contributed by atoms with E-state index in [1.54, 1.807) is 13.2 Å². The molecular formula is C13H19ClN4O2. The molecule has 0 unspecified atom stereocenters. The van der Waals surface area contributed by atoms with Crippen LogP contribution in [0.5, 0.6) is 0 Å². The fraction of sp³-hybridized carbons (Fsp3) is 0.615. The van der Waals surface area contributed by atoms with Gasteiger partial charge in [0.25, 0.3) is 0 Å². The highest BCUT2D eigenvalue weighted by Gasteiger charge is 2.27. The Morgan fingerprint density at radius 2 is 2.25 bits per heavy atom. The van der Waals surface area contributed by atoms with Gasteiger partial charge in [-0.15, -0.1) is 0 Å². The number of ether oxygens (including phenoxy) is 1. The lowest BCUT2D eigenvalue weighted by atomic mass is 10.3. The quantitative estimate of drug-likeness (QED) is 0.563. The van der Waals surface area contributed by atoms with Gasteiger partial charge < -0.3 is 15.4 Å². The number of nitrogens with zero attached hydrogens (tertiary/aromatic N) is 2. The first-order chi connectivity index (χ1) is 9.69. The first kappa shape index (κ1) is 15.0. The normalized spacial score (nSPS) is 14.1. The second-order valence-corrected chi connectivity index (χ2v) is 5.12. The van der Waals surface area contributed by atoms with Crippen LogP contribution in [-0.4, -0.2) is 42.7 Å². The van der Waals surface area contributed by atoms with E-state index in [0.29, 0.717) is 43.0 Å². The molecule has 1 aliphatic rings. The summed E-state index contributed by atoms with van der Waals surface area (Å²) in [6, 6.07) is 1.68. The molecule has 1 aliphatic carbocycles. The van der Waals surface area contributed by atoms with Crippen LogP contribution in [0.1, 0.15) is 31.0 Å². The van der Waals surface area contributed by atoms with Gasteiger partial charge in [0, 0.05) is 38.6 Å². The highest BCUT2D eigenvalue weighted by Crippen LogP contribution is 2.38. The SMILES string of the molecule is COCCNC(=O)CCNc1cc(Cl)nc(C2CC2)n1. The smallest absolute Gasteiger partial charge is 0.221 e.